The molecule has 1 aliphatic carbocycles. The van der Waals surface area contributed by atoms with Crippen LogP contribution >= 0.6 is 0 Å². The number of rotatable bonds is 4. The van der Waals surface area contributed by atoms with Gasteiger partial charge in [-0.25, -0.2) is 4.98 Å². The minimum absolute atomic E-state index is 0.397. The monoisotopic (exact) mass is 304 g/mol. The molecule has 1 saturated heterocycles. The van der Waals surface area contributed by atoms with E-state index in [2.05, 4.69) is 28.7 Å². The standard InChI is InChI=1S/C17H28N4O/c1-12(2)11-22-13-7-9-21(10-8-13)16-14-5-3-4-6-15(14)19-17(18)20-16/h12-13H,3-11H2,1-2H3,(H2,18,19,20). The lowest BCUT2D eigenvalue weighted by atomic mass is 9.95. The molecule has 0 saturated carbocycles. The highest BCUT2D eigenvalue weighted by Gasteiger charge is 2.25. The lowest BCUT2D eigenvalue weighted by Gasteiger charge is -2.35. The predicted molar refractivity (Wildman–Crippen MR) is 89.1 cm³/mol. The van der Waals surface area contributed by atoms with Crippen molar-refractivity contribution in [3.05, 3.63) is 11.3 Å². The van der Waals surface area contributed by atoms with E-state index in [-0.39, 0.29) is 0 Å². The molecule has 22 heavy (non-hydrogen) atoms. The minimum atomic E-state index is 0.397. The van der Waals surface area contributed by atoms with Gasteiger partial charge < -0.3 is 15.4 Å². The van der Waals surface area contributed by atoms with Crippen molar-refractivity contribution in [1.82, 2.24) is 9.97 Å². The van der Waals surface area contributed by atoms with Crippen molar-refractivity contribution in [2.45, 2.75) is 58.5 Å². The summed E-state index contributed by atoms with van der Waals surface area (Å²) in [5.74, 6) is 2.12. The number of nitrogens with zero attached hydrogens (tertiary/aromatic N) is 3. The van der Waals surface area contributed by atoms with Gasteiger partial charge in [0.1, 0.15) is 5.82 Å². The molecule has 3 rings (SSSR count). The lowest BCUT2D eigenvalue weighted by molar-refractivity contribution is 0.0214. The van der Waals surface area contributed by atoms with E-state index in [9.17, 15) is 0 Å². The molecule has 1 aromatic heterocycles. The third kappa shape index (κ3) is 3.51. The van der Waals surface area contributed by atoms with E-state index >= 15 is 0 Å². The molecular formula is C17H28N4O. The average Bonchev–Trinajstić information content (AvgIpc) is 2.52. The van der Waals surface area contributed by atoms with Crippen LogP contribution in [0, 0.1) is 5.92 Å². The molecular weight excluding hydrogens is 276 g/mol. The van der Waals surface area contributed by atoms with Gasteiger partial charge >= 0.3 is 0 Å². The summed E-state index contributed by atoms with van der Waals surface area (Å²) in [6, 6.07) is 0. The molecule has 0 amide bonds. The van der Waals surface area contributed by atoms with Gasteiger partial charge in [-0.05, 0) is 44.4 Å². The van der Waals surface area contributed by atoms with Gasteiger partial charge in [-0.3, -0.25) is 0 Å². The van der Waals surface area contributed by atoms with E-state index in [0.717, 1.165) is 51.2 Å². The first-order valence-corrected chi connectivity index (χ1v) is 8.65. The van der Waals surface area contributed by atoms with Crippen LogP contribution in [0.1, 0.15) is 50.8 Å². The van der Waals surface area contributed by atoms with Crippen LogP contribution in [0.2, 0.25) is 0 Å². The topological polar surface area (TPSA) is 64.3 Å². The Labute approximate surface area is 133 Å². The van der Waals surface area contributed by atoms with Crippen LogP contribution in [0.4, 0.5) is 11.8 Å². The molecule has 1 aromatic rings. The average molecular weight is 304 g/mol. The lowest BCUT2D eigenvalue weighted by Crippen LogP contribution is -2.39. The number of hydrogen-bond acceptors (Lipinski definition) is 5. The molecule has 0 unspecified atom stereocenters. The summed E-state index contributed by atoms with van der Waals surface area (Å²) in [5, 5.41) is 0. The maximum absolute atomic E-state index is 5.98. The maximum atomic E-state index is 5.98. The second-order valence-corrected chi connectivity index (χ2v) is 6.95. The Morgan fingerprint density at radius 1 is 1.18 bits per heavy atom. The first kappa shape index (κ1) is 15.5. The van der Waals surface area contributed by atoms with Crippen LogP contribution < -0.4 is 10.6 Å². The number of ether oxygens (including phenoxy) is 1. The largest absolute Gasteiger partial charge is 0.378 e. The zero-order valence-electron chi connectivity index (χ0n) is 13.8. The molecule has 2 N–H and O–H groups in total. The summed E-state index contributed by atoms with van der Waals surface area (Å²) in [7, 11) is 0. The fourth-order valence-corrected chi connectivity index (χ4v) is 3.42. The van der Waals surface area contributed by atoms with E-state index in [1.807, 2.05) is 0 Å². The molecule has 2 heterocycles. The predicted octanol–water partition coefficient (Wildman–Crippen LogP) is 2.58. The Morgan fingerprint density at radius 2 is 1.91 bits per heavy atom. The van der Waals surface area contributed by atoms with Crippen LogP contribution in [-0.2, 0) is 17.6 Å². The summed E-state index contributed by atoms with van der Waals surface area (Å²) < 4.78 is 5.98. The molecule has 0 spiro atoms. The maximum Gasteiger partial charge on any atom is 0.222 e. The second kappa shape index (κ2) is 6.82. The normalized spacial score (nSPS) is 19.5. The summed E-state index contributed by atoms with van der Waals surface area (Å²) in [4.78, 5) is 11.4. The molecule has 5 heteroatoms. The summed E-state index contributed by atoms with van der Waals surface area (Å²) >= 11 is 0. The van der Waals surface area contributed by atoms with Crippen LogP contribution in [-0.4, -0.2) is 35.8 Å². The van der Waals surface area contributed by atoms with Gasteiger partial charge in [0.15, 0.2) is 0 Å². The number of anilines is 2. The quantitative estimate of drug-likeness (QED) is 0.926. The minimum Gasteiger partial charge on any atom is -0.378 e. The smallest absolute Gasteiger partial charge is 0.222 e. The Hall–Kier alpha value is -1.36. The van der Waals surface area contributed by atoms with Crippen LogP contribution in [0.15, 0.2) is 0 Å². The Balaban J connectivity index is 1.67. The number of hydrogen-bond donors (Lipinski definition) is 1. The molecule has 0 atom stereocenters. The number of aromatic nitrogens is 2. The molecule has 0 radical (unpaired) electrons. The van der Waals surface area contributed by atoms with E-state index in [4.69, 9.17) is 10.5 Å². The number of aryl methyl sites for hydroxylation is 1. The highest BCUT2D eigenvalue weighted by atomic mass is 16.5. The van der Waals surface area contributed by atoms with Crippen LogP contribution in [0.3, 0.4) is 0 Å². The molecule has 5 nitrogen and oxygen atoms in total. The van der Waals surface area contributed by atoms with E-state index in [0.29, 0.717) is 18.0 Å². The van der Waals surface area contributed by atoms with Gasteiger partial charge in [-0.2, -0.15) is 4.98 Å². The van der Waals surface area contributed by atoms with E-state index in [1.165, 1.54) is 24.1 Å². The summed E-state index contributed by atoms with van der Waals surface area (Å²) in [6.45, 7) is 7.27. The van der Waals surface area contributed by atoms with Crippen molar-refractivity contribution >= 4 is 11.8 Å². The Morgan fingerprint density at radius 3 is 2.64 bits per heavy atom. The summed E-state index contributed by atoms with van der Waals surface area (Å²) in [5.41, 5.74) is 8.43. The fourth-order valence-electron chi connectivity index (χ4n) is 3.42. The molecule has 0 aromatic carbocycles. The van der Waals surface area contributed by atoms with Gasteiger partial charge in [0.25, 0.3) is 0 Å². The van der Waals surface area contributed by atoms with E-state index in [1.54, 1.807) is 0 Å². The van der Waals surface area contributed by atoms with Crippen LogP contribution in [0.25, 0.3) is 0 Å². The zero-order chi connectivity index (χ0) is 15.5. The molecule has 1 fully saturated rings. The Bertz CT molecular complexity index is 510. The number of nitrogens with two attached hydrogens (primary N) is 1. The highest BCUT2D eigenvalue weighted by molar-refractivity contribution is 5.53. The van der Waals surface area contributed by atoms with Gasteiger partial charge in [-0.1, -0.05) is 13.8 Å². The van der Waals surface area contributed by atoms with Crippen molar-refractivity contribution in [3.63, 3.8) is 0 Å². The number of piperidine rings is 1. The van der Waals surface area contributed by atoms with Crippen molar-refractivity contribution in [2.24, 2.45) is 5.92 Å². The third-order valence-corrected chi connectivity index (χ3v) is 4.59. The molecule has 122 valence electrons. The SMILES string of the molecule is CC(C)COC1CCN(c2nc(N)nc3c2CCCC3)CC1. The summed E-state index contributed by atoms with van der Waals surface area (Å²) in [6.07, 6.45) is 7.14. The number of nitrogen functional groups attached to an aromatic ring is 1. The zero-order valence-corrected chi connectivity index (χ0v) is 13.8. The first-order valence-electron chi connectivity index (χ1n) is 8.65. The second-order valence-electron chi connectivity index (χ2n) is 6.95. The highest BCUT2D eigenvalue weighted by Crippen LogP contribution is 2.30. The van der Waals surface area contributed by atoms with Gasteiger partial charge in [0.05, 0.1) is 11.8 Å². The fraction of sp³-hybridized carbons (Fsp3) is 0.765. The van der Waals surface area contributed by atoms with Crippen molar-refractivity contribution in [3.8, 4) is 0 Å². The van der Waals surface area contributed by atoms with Gasteiger partial charge in [0.2, 0.25) is 5.95 Å². The van der Waals surface area contributed by atoms with Crippen molar-refractivity contribution in [2.75, 3.05) is 30.3 Å². The third-order valence-electron chi connectivity index (χ3n) is 4.59. The van der Waals surface area contributed by atoms with E-state index < -0.39 is 0 Å². The van der Waals surface area contributed by atoms with Crippen molar-refractivity contribution in [1.29, 1.82) is 0 Å². The van der Waals surface area contributed by atoms with Crippen molar-refractivity contribution < 1.29 is 4.74 Å². The van der Waals surface area contributed by atoms with Crippen LogP contribution in [0.5, 0.6) is 0 Å². The molecule has 0 bridgehead atoms. The van der Waals surface area contributed by atoms with Gasteiger partial charge in [0, 0.05) is 25.3 Å². The van der Waals surface area contributed by atoms with Gasteiger partial charge in [-0.15, -0.1) is 0 Å². The first-order chi connectivity index (χ1) is 10.6. The molecule has 2 aliphatic rings. The molecule has 1 aliphatic heterocycles. The Kier molecular flexibility index (Phi) is 4.81. The number of fused-ring (bicyclic) bond motifs is 1.